The molecule has 0 aromatic carbocycles. The molecule has 0 saturated carbocycles. The lowest BCUT2D eigenvalue weighted by atomic mass is 10.1. The van der Waals surface area contributed by atoms with Crippen LogP contribution in [0.4, 0.5) is 0 Å². The largest absolute Gasteiger partial charge is 0.379 e. The minimum atomic E-state index is 0.274. The maximum Gasteiger partial charge on any atom is 0.161 e. The van der Waals surface area contributed by atoms with Crippen LogP contribution in [-0.4, -0.2) is 32.7 Å². The quantitative estimate of drug-likeness (QED) is 0.724. The predicted molar refractivity (Wildman–Crippen MR) is 79.8 cm³/mol. The summed E-state index contributed by atoms with van der Waals surface area (Å²) >= 11 is 0. The van der Waals surface area contributed by atoms with Crippen molar-refractivity contribution in [2.45, 2.75) is 18.9 Å². The van der Waals surface area contributed by atoms with E-state index < -0.39 is 0 Å². The van der Waals surface area contributed by atoms with Gasteiger partial charge < -0.3 is 9.30 Å². The molecule has 5 nitrogen and oxygen atoms in total. The normalized spacial score (nSPS) is 19.0. The van der Waals surface area contributed by atoms with Gasteiger partial charge in [0.15, 0.2) is 11.5 Å². The molecule has 0 radical (unpaired) electrons. The molecule has 0 amide bonds. The van der Waals surface area contributed by atoms with E-state index in [0.717, 1.165) is 42.1 Å². The van der Waals surface area contributed by atoms with Crippen molar-refractivity contribution in [3.8, 4) is 11.5 Å². The molecule has 0 spiro atoms. The molecule has 1 aliphatic heterocycles. The maximum absolute atomic E-state index is 5.65. The fourth-order valence-electron chi connectivity index (χ4n) is 2.88. The number of hydrogen-bond donors (Lipinski definition) is 0. The fraction of sp³-hybridized carbons (Fsp3) is 0.312. The molecule has 1 fully saturated rings. The van der Waals surface area contributed by atoms with Gasteiger partial charge in [0.1, 0.15) is 11.2 Å². The molecular formula is C16H16N4O. The van der Waals surface area contributed by atoms with E-state index in [1.165, 1.54) is 0 Å². The highest BCUT2D eigenvalue weighted by molar-refractivity contribution is 5.76. The van der Waals surface area contributed by atoms with Crippen molar-refractivity contribution < 1.29 is 4.74 Å². The molecule has 3 aromatic rings. The topological polar surface area (TPSA) is 52.8 Å². The molecule has 1 atom stereocenters. The van der Waals surface area contributed by atoms with Crippen LogP contribution in [0.1, 0.15) is 18.9 Å². The maximum atomic E-state index is 5.65. The molecule has 1 unspecified atom stereocenters. The molecule has 4 rings (SSSR count). The minimum absolute atomic E-state index is 0.274. The van der Waals surface area contributed by atoms with Crippen molar-refractivity contribution in [1.82, 2.24) is 19.5 Å². The van der Waals surface area contributed by atoms with Crippen molar-refractivity contribution in [2.24, 2.45) is 0 Å². The van der Waals surface area contributed by atoms with Crippen molar-refractivity contribution in [3.63, 3.8) is 0 Å². The van der Waals surface area contributed by atoms with Gasteiger partial charge in [-0.3, -0.25) is 4.98 Å². The average Bonchev–Trinajstić information content (AvgIpc) is 2.96. The van der Waals surface area contributed by atoms with Gasteiger partial charge in [0, 0.05) is 19.0 Å². The number of pyridine rings is 2. The van der Waals surface area contributed by atoms with Gasteiger partial charge in [0.2, 0.25) is 0 Å². The van der Waals surface area contributed by atoms with Crippen LogP contribution in [0.5, 0.6) is 0 Å². The van der Waals surface area contributed by atoms with Gasteiger partial charge in [-0.1, -0.05) is 6.07 Å². The number of imidazole rings is 1. The van der Waals surface area contributed by atoms with Gasteiger partial charge in [-0.05, 0) is 37.1 Å². The van der Waals surface area contributed by atoms with Gasteiger partial charge >= 0.3 is 0 Å². The van der Waals surface area contributed by atoms with E-state index >= 15 is 0 Å². The molecule has 3 aromatic heterocycles. The molecule has 1 aliphatic rings. The number of ether oxygens (including phenoxy) is 1. The van der Waals surface area contributed by atoms with Gasteiger partial charge in [-0.25, -0.2) is 9.97 Å². The van der Waals surface area contributed by atoms with E-state index in [2.05, 4.69) is 14.5 Å². The fourth-order valence-corrected chi connectivity index (χ4v) is 2.88. The Kier molecular flexibility index (Phi) is 3.12. The zero-order chi connectivity index (χ0) is 14.1. The summed E-state index contributed by atoms with van der Waals surface area (Å²) in [5, 5.41) is 0. The Balaban J connectivity index is 1.92. The first-order valence-corrected chi connectivity index (χ1v) is 7.25. The van der Waals surface area contributed by atoms with E-state index in [9.17, 15) is 0 Å². The molecule has 0 aliphatic carbocycles. The first kappa shape index (κ1) is 12.5. The molecule has 4 heterocycles. The minimum Gasteiger partial charge on any atom is -0.379 e. The smallest absolute Gasteiger partial charge is 0.161 e. The first-order chi connectivity index (χ1) is 10.4. The monoisotopic (exact) mass is 280 g/mol. The number of fused-ring (bicyclic) bond motifs is 1. The Morgan fingerprint density at radius 1 is 1.10 bits per heavy atom. The lowest BCUT2D eigenvalue weighted by Gasteiger charge is -2.25. The van der Waals surface area contributed by atoms with Crippen molar-refractivity contribution in [1.29, 1.82) is 0 Å². The summed E-state index contributed by atoms with van der Waals surface area (Å²) < 4.78 is 7.84. The summed E-state index contributed by atoms with van der Waals surface area (Å²) in [7, 11) is 0. The lowest BCUT2D eigenvalue weighted by Crippen LogP contribution is -2.22. The summed E-state index contributed by atoms with van der Waals surface area (Å²) in [6.45, 7) is 1.55. The van der Waals surface area contributed by atoms with Crippen LogP contribution >= 0.6 is 0 Å². The summed E-state index contributed by atoms with van der Waals surface area (Å²) in [5.41, 5.74) is 2.69. The highest BCUT2D eigenvalue weighted by Gasteiger charge is 2.23. The van der Waals surface area contributed by atoms with Gasteiger partial charge in [0.05, 0.1) is 12.6 Å². The third-order valence-corrected chi connectivity index (χ3v) is 3.84. The van der Waals surface area contributed by atoms with E-state index in [0.29, 0.717) is 6.61 Å². The van der Waals surface area contributed by atoms with Crippen LogP contribution in [0.25, 0.3) is 22.7 Å². The summed E-state index contributed by atoms with van der Waals surface area (Å²) in [4.78, 5) is 13.7. The molecule has 106 valence electrons. The Morgan fingerprint density at radius 2 is 2.05 bits per heavy atom. The molecule has 0 bridgehead atoms. The van der Waals surface area contributed by atoms with E-state index in [4.69, 9.17) is 9.72 Å². The van der Waals surface area contributed by atoms with Crippen LogP contribution in [-0.2, 0) is 4.74 Å². The molecule has 5 heteroatoms. The van der Waals surface area contributed by atoms with E-state index in [-0.39, 0.29) is 6.04 Å². The SMILES string of the molecule is c1ccc(-c2nc3cccnc3n2C2CCCOC2)nc1. The standard InChI is InChI=1S/C16H16N4O/c1-2-8-17-13(6-1)16-19-14-7-3-9-18-15(14)20(16)12-5-4-10-21-11-12/h1-3,6-9,12H,4-5,10-11H2. The second-order valence-corrected chi connectivity index (χ2v) is 5.24. The molecule has 21 heavy (non-hydrogen) atoms. The summed E-state index contributed by atoms with van der Waals surface area (Å²) in [6.07, 6.45) is 5.76. The van der Waals surface area contributed by atoms with Crippen LogP contribution < -0.4 is 0 Å². The number of aromatic nitrogens is 4. The Bertz CT molecular complexity index is 747. The third kappa shape index (κ3) is 2.19. The Labute approximate surface area is 122 Å². The van der Waals surface area contributed by atoms with Gasteiger partial charge in [-0.2, -0.15) is 0 Å². The molecule has 0 N–H and O–H groups in total. The highest BCUT2D eigenvalue weighted by Crippen LogP contribution is 2.30. The first-order valence-electron chi connectivity index (χ1n) is 7.25. The zero-order valence-corrected chi connectivity index (χ0v) is 11.6. The number of nitrogens with zero attached hydrogens (tertiary/aromatic N) is 4. The third-order valence-electron chi connectivity index (χ3n) is 3.84. The molecular weight excluding hydrogens is 264 g/mol. The Hall–Kier alpha value is -2.27. The van der Waals surface area contributed by atoms with Gasteiger partial charge in [0.25, 0.3) is 0 Å². The predicted octanol–water partition coefficient (Wildman–Crippen LogP) is 2.84. The molecule has 1 saturated heterocycles. The second kappa shape index (κ2) is 5.26. The zero-order valence-electron chi connectivity index (χ0n) is 11.6. The Morgan fingerprint density at radius 3 is 2.86 bits per heavy atom. The summed E-state index contributed by atoms with van der Waals surface area (Å²) in [6, 6.07) is 10.1. The lowest BCUT2D eigenvalue weighted by molar-refractivity contribution is 0.0608. The average molecular weight is 280 g/mol. The second-order valence-electron chi connectivity index (χ2n) is 5.24. The van der Waals surface area contributed by atoms with E-state index in [1.54, 1.807) is 6.20 Å². The van der Waals surface area contributed by atoms with Crippen LogP contribution in [0.15, 0.2) is 42.7 Å². The summed E-state index contributed by atoms with van der Waals surface area (Å²) in [5.74, 6) is 0.875. The van der Waals surface area contributed by atoms with Crippen molar-refractivity contribution in [2.75, 3.05) is 13.2 Å². The van der Waals surface area contributed by atoms with Crippen LogP contribution in [0, 0.1) is 0 Å². The van der Waals surface area contributed by atoms with E-state index in [1.807, 2.05) is 36.5 Å². The number of rotatable bonds is 2. The van der Waals surface area contributed by atoms with Crippen LogP contribution in [0.2, 0.25) is 0 Å². The van der Waals surface area contributed by atoms with Crippen molar-refractivity contribution >= 4 is 11.2 Å². The van der Waals surface area contributed by atoms with Crippen LogP contribution in [0.3, 0.4) is 0 Å². The van der Waals surface area contributed by atoms with Crippen molar-refractivity contribution in [3.05, 3.63) is 42.7 Å². The number of hydrogen-bond acceptors (Lipinski definition) is 4. The highest BCUT2D eigenvalue weighted by atomic mass is 16.5. The van der Waals surface area contributed by atoms with Gasteiger partial charge in [-0.15, -0.1) is 0 Å².